The van der Waals surface area contributed by atoms with Crippen molar-refractivity contribution in [1.82, 2.24) is 5.32 Å². The first-order chi connectivity index (χ1) is 13.7. The van der Waals surface area contributed by atoms with Gasteiger partial charge in [-0.1, -0.05) is 19.8 Å². The van der Waals surface area contributed by atoms with E-state index in [4.69, 9.17) is 9.47 Å². The number of nitrogens with one attached hydrogen (secondary N) is 3. The minimum atomic E-state index is -0.216. The van der Waals surface area contributed by atoms with Crippen LogP contribution in [0.25, 0.3) is 0 Å². The summed E-state index contributed by atoms with van der Waals surface area (Å²) in [4.78, 5) is 12.0. The van der Waals surface area contributed by atoms with E-state index in [1.807, 2.05) is 31.2 Å². The van der Waals surface area contributed by atoms with E-state index in [0.717, 1.165) is 37.2 Å². The van der Waals surface area contributed by atoms with E-state index in [-0.39, 0.29) is 6.03 Å². The van der Waals surface area contributed by atoms with Crippen LogP contribution in [-0.4, -0.2) is 25.7 Å². The molecule has 0 aliphatic heterocycles. The van der Waals surface area contributed by atoms with E-state index in [1.54, 1.807) is 18.2 Å². The molecule has 0 aromatic heterocycles. The predicted molar refractivity (Wildman–Crippen MR) is 115 cm³/mol. The largest absolute Gasteiger partial charge is 0.490 e. The molecule has 2 aromatic rings. The molecule has 0 saturated carbocycles. The molecule has 28 heavy (non-hydrogen) atoms. The van der Waals surface area contributed by atoms with Gasteiger partial charge in [0.25, 0.3) is 0 Å². The highest BCUT2D eigenvalue weighted by atomic mass is 16.5. The molecule has 0 heterocycles. The molecule has 0 radical (unpaired) electrons. The molecule has 152 valence electrons. The highest BCUT2D eigenvalue weighted by Gasteiger charge is 2.10. The smallest absolute Gasteiger partial charge is 0.319 e. The predicted octanol–water partition coefficient (Wildman–Crippen LogP) is 5.62. The van der Waals surface area contributed by atoms with Crippen LogP contribution in [0.4, 0.5) is 16.2 Å². The Morgan fingerprint density at radius 1 is 0.929 bits per heavy atom. The van der Waals surface area contributed by atoms with Gasteiger partial charge in [-0.2, -0.15) is 0 Å². The fourth-order valence-electron chi connectivity index (χ4n) is 2.66. The molecule has 3 N–H and O–H groups in total. The summed E-state index contributed by atoms with van der Waals surface area (Å²) in [6.07, 6.45) is 3.21. The Balaban J connectivity index is 2.02. The molecule has 0 atom stereocenters. The van der Waals surface area contributed by atoms with Crippen molar-refractivity contribution < 1.29 is 14.3 Å². The highest BCUT2D eigenvalue weighted by Crippen LogP contribution is 2.34. The van der Waals surface area contributed by atoms with E-state index in [0.29, 0.717) is 30.3 Å². The molecule has 6 nitrogen and oxygen atoms in total. The number of ether oxygens (including phenoxy) is 2. The Kier molecular flexibility index (Phi) is 8.98. The number of unbranched alkanes of at least 4 members (excludes halogenated alkanes) is 2. The lowest BCUT2D eigenvalue weighted by Crippen LogP contribution is -2.29. The van der Waals surface area contributed by atoms with Crippen LogP contribution in [0.1, 0.15) is 40.0 Å². The summed E-state index contributed by atoms with van der Waals surface area (Å²) < 4.78 is 11.7. The minimum Gasteiger partial charge on any atom is -0.490 e. The molecule has 0 saturated heterocycles. The number of benzene rings is 2. The summed E-state index contributed by atoms with van der Waals surface area (Å²) in [6, 6.07) is 12.9. The number of amides is 2. The van der Waals surface area contributed by atoms with Gasteiger partial charge in [0.15, 0.2) is 11.5 Å². The van der Waals surface area contributed by atoms with E-state index in [2.05, 4.69) is 29.8 Å². The number of carbonyl (C=O) groups excluding carboxylic acids is 1. The Labute approximate surface area is 167 Å². The fourth-order valence-corrected chi connectivity index (χ4v) is 2.66. The summed E-state index contributed by atoms with van der Waals surface area (Å²) >= 11 is 0. The third kappa shape index (κ3) is 7.02. The number of carbonyl (C=O) groups is 1. The van der Waals surface area contributed by atoms with Crippen molar-refractivity contribution in [3.8, 4) is 17.2 Å². The Hall–Kier alpha value is -2.89. The Morgan fingerprint density at radius 3 is 2.36 bits per heavy atom. The second-order valence-electron chi connectivity index (χ2n) is 6.34. The van der Waals surface area contributed by atoms with Gasteiger partial charge in [-0.05, 0) is 56.7 Å². The third-order valence-corrected chi connectivity index (χ3v) is 4.03. The Morgan fingerprint density at radius 2 is 1.68 bits per heavy atom. The van der Waals surface area contributed by atoms with E-state index in [1.165, 1.54) is 0 Å². The van der Waals surface area contributed by atoms with Gasteiger partial charge >= 0.3 is 6.03 Å². The number of urea groups is 1. The molecule has 0 aliphatic carbocycles. The summed E-state index contributed by atoms with van der Waals surface area (Å²) in [5.41, 5.74) is 1.70. The molecule has 0 unspecified atom stereocenters. The van der Waals surface area contributed by atoms with Gasteiger partial charge < -0.3 is 25.4 Å². The normalized spacial score (nSPS) is 10.2. The highest BCUT2D eigenvalue weighted by molar-refractivity contribution is 5.89. The average molecular weight is 386 g/mol. The third-order valence-electron chi connectivity index (χ3n) is 4.03. The van der Waals surface area contributed by atoms with Crippen LogP contribution in [0.5, 0.6) is 17.2 Å². The lowest BCUT2D eigenvalue weighted by molar-refractivity contribution is 0.252. The van der Waals surface area contributed by atoms with Crippen molar-refractivity contribution in [2.45, 2.75) is 40.0 Å². The van der Waals surface area contributed by atoms with Crippen LogP contribution < -0.4 is 25.4 Å². The van der Waals surface area contributed by atoms with Crippen LogP contribution in [0.2, 0.25) is 0 Å². The molecule has 6 heteroatoms. The monoisotopic (exact) mass is 385 g/mol. The van der Waals surface area contributed by atoms with Gasteiger partial charge in [0, 0.05) is 30.5 Å². The van der Waals surface area contributed by atoms with Gasteiger partial charge in [-0.25, -0.2) is 4.79 Å². The van der Waals surface area contributed by atoms with Crippen LogP contribution in [0.3, 0.4) is 0 Å². The van der Waals surface area contributed by atoms with Crippen molar-refractivity contribution in [3.63, 3.8) is 0 Å². The zero-order valence-electron chi connectivity index (χ0n) is 17.0. The molecule has 2 rings (SSSR count). The molecule has 0 bridgehead atoms. The number of hydrogen-bond acceptors (Lipinski definition) is 4. The van der Waals surface area contributed by atoms with Gasteiger partial charge in [0.05, 0.1) is 6.61 Å². The van der Waals surface area contributed by atoms with Crippen molar-refractivity contribution >= 4 is 17.4 Å². The maximum Gasteiger partial charge on any atom is 0.319 e. The SMILES string of the molecule is CCCCCNC(=O)Nc1ccc(Oc2ccc(NCC)cc2)c(OCC)c1. The fraction of sp³-hybridized carbons (Fsp3) is 0.409. The van der Waals surface area contributed by atoms with Crippen LogP contribution >= 0.6 is 0 Å². The zero-order chi connectivity index (χ0) is 20.2. The molecular weight excluding hydrogens is 354 g/mol. The molecule has 0 aliphatic rings. The molecule has 0 spiro atoms. The first-order valence-electron chi connectivity index (χ1n) is 9.99. The lowest BCUT2D eigenvalue weighted by atomic mass is 10.2. The summed E-state index contributed by atoms with van der Waals surface area (Å²) in [7, 11) is 0. The second kappa shape index (κ2) is 11.7. The van der Waals surface area contributed by atoms with Crippen LogP contribution in [0, 0.1) is 0 Å². The maximum absolute atomic E-state index is 12.0. The van der Waals surface area contributed by atoms with Crippen molar-refractivity contribution in [2.75, 3.05) is 30.3 Å². The number of rotatable bonds is 11. The van der Waals surface area contributed by atoms with Gasteiger partial charge in [0.2, 0.25) is 0 Å². The second-order valence-corrected chi connectivity index (χ2v) is 6.34. The maximum atomic E-state index is 12.0. The minimum absolute atomic E-state index is 0.216. The van der Waals surface area contributed by atoms with Crippen molar-refractivity contribution in [1.29, 1.82) is 0 Å². The lowest BCUT2D eigenvalue weighted by Gasteiger charge is -2.14. The quantitative estimate of drug-likeness (QED) is 0.439. The Bertz CT molecular complexity index is 732. The average Bonchev–Trinajstić information content (AvgIpc) is 2.69. The first kappa shape index (κ1) is 21.4. The van der Waals surface area contributed by atoms with E-state index in [9.17, 15) is 4.79 Å². The van der Waals surface area contributed by atoms with Crippen molar-refractivity contribution in [3.05, 3.63) is 42.5 Å². The zero-order valence-corrected chi connectivity index (χ0v) is 17.0. The summed E-state index contributed by atoms with van der Waals surface area (Å²) in [5, 5.41) is 8.95. The standard InChI is InChI=1S/C22H31N3O3/c1-4-7-8-15-24-22(26)25-18-11-14-20(21(16-18)27-6-3)28-19-12-9-17(10-13-19)23-5-2/h9-14,16,23H,4-8,15H2,1-3H3,(H2,24,25,26). The van der Waals surface area contributed by atoms with Crippen LogP contribution in [-0.2, 0) is 0 Å². The van der Waals surface area contributed by atoms with Crippen molar-refractivity contribution in [2.24, 2.45) is 0 Å². The summed E-state index contributed by atoms with van der Waals surface area (Å²) in [5.74, 6) is 1.91. The van der Waals surface area contributed by atoms with Gasteiger partial charge in [-0.3, -0.25) is 0 Å². The number of hydrogen-bond donors (Lipinski definition) is 3. The van der Waals surface area contributed by atoms with Crippen LogP contribution in [0.15, 0.2) is 42.5 Å². The molecular formula is C22H31N3O3. The van der Waals surface area contributed by atoms with E-state index < -0.39 is 0 Å². The topological polar surface area (TPSA) is 71.6 Å². The van der Waals surface area contributed by atoms with E-state index >= 15 is 0 Å². The van der Waals surface area contributed by atoms with Gasteiger partial charge in [0.1, 0.15) is 5.75 Å². The first-order valence-corrected chi connectivity index (χ1v) is 9.99. The molecule has 0 fully saturated rings. The molecule has 2 aromatic carbocycles. The molecule has 2 amide bonds. The summed E-state index contributed by atoms with van der Waals surface area (Å²) in [6.45, 7) is 8.14. The number of anilines is 2. The van der Waals surface area contributed by atoms with Gasteiger partial charge in [-0.15, -0.1) is 0 Å².